The van der Waals surface area contributed by atoms with E-state index in [1.54, 1.807) is 0 Å². The van der Waals surface area contributed by atoms with Crippen LogP contribution in [0.25, 0.3) is 0 Å². The molecule has 0 saturated carbocycles. The molecule has 0 aromatic rings. The average Bonchev–Trinajstić information content (AvgIpc) is 2.26. The number of nitrogens with two attached hydrogens (primary N) is 1. The zero-order valence-corrected chi connectivity index (χ0v) is 10.3. The first-order valence-electron chi connectivity index (χ1n) is 6.01. The van der Waals surface area contributed by atoms with Crippen molar-refractivity contribution in [3.63, 3.8) is 0 Å². The van der Waals surface area contributed by atoms with Gasteiger partial charge in [0, 0.05) is 19.0 Å². The smallest absolute Gasteiger partial charge is 0.139 e. The van der Waals surface area contributed by atoms with E-state index in [0.717, 1.165) is 19.5 Å². The molecule has 2 atom stereocenters. The number of hydrogen-bond donors (Lipinski definition) is 3. The topological polar surface area (TPSA) is 73.9 Å². The van der Waals surface area contributed by atoms with Gasteiger partial charge in [0.2, 0.25) is 0 Å². The largest absolute Gasteiger partial charge is 0.409 e. The SMILES string of the molecule is CC1CN(C)CCC1NCCCC(N)=NO. The van der Waals surface area contributed by atoms with Crippen LogP contribution in [0, 0.1) is 5.92 Å². The fraction of sp³-hybridized carbons (Fsp3) is 0.909. The van der Waals surface area contributed by atoms with E-state index in [1.807, 2.05) is 0 Å². The molecular formula is C11H24N4O. The van der Waals surface area contributed by atoms with Gasteiger partial charge in [0.25, 0.3) is 0 Å². The molecule has 1 rings (SSSR count). The quantitative estimate of drug-likeness (QED) is 0.210. The van der Waals surface area contributed by atoms with E-state index >= 15 is 0 Å². The molecular weight excluding hydrogens is 204 g/mol. The Bertz CT molecular complexity index is 232. The molecule has 1 aliphatic heterocycles. The molecule has 1 saturated heterocycles. The van der Waals surface area contributed by atoms with Gasteiger partial charge in [-0.05, 0) is 38.9 Å². The highest BCUT2D eigenvalue weighted by Gasteiger charge is 2.23. The van der Waals surface area contributed by atoms with Gasteiger partial charge in [0.1, 0.15) is 5.84 Å². The molecule has 0 aromatic heterocycles. The maximum Gasteiger partial charge on any atom is 0.139 e. The fourth-order valence-corrected chi connectivity index (χ4v) is 2.26. The van der Waals surface area contributed by atoms with Crippen LogP contribution in [0.3, 0.4) is 0 Å². The monoisotopic (exact) mass is 228 g/mol. The molecule has 0 aliphatic carbocycles. The Morgan fingerprint density at radius 2 is 2.38 bits per heavy atom. The summed E-state index contributed by atoms with van der Waals surface area (Å²) >= 11 is 0. The van der Waals surface area contributed by atoms with Crippen molar-refractivity contribution in [1.82, 2.24) is 10.2 Å². The van der Waals surface area contributed by atoms with Crippen molar-refractivity contribution >= 4 is 5.84 Å². The number of rotatable bonds is 5. The second kappa shape index (κ2) is 6.70. The lowest BCUT2D eigenvalue weighted by molar-refractivity contribution is 0.175. The van der Waals surface area contributed by atoms with Gasteiger partial charge >= 0.3 is 0 Å². The third kappa shape index (κ3) is 4.37. The van der Waals surface area contributed by atoms with Gasteiger partial charge in [-0.2, -0.15) is 0 Å². The van der Waals surface area contributed by atoms with Crippen LogP contribution in [0.4, 0.5) is 0 Å². The normalized spacial score (nSPS) is 28.2. The number of likely N-dealkylation sites (tertiary alicyclic amines) is 1. The molecule has 2 unspecified atom stereocenters. The predicted molar refractivity (Wildman–Crippen MR) is 65.7 cm³/mol. The number of amidine groups is 1. The lowest BCUT2D eigenvalue weighted by Gasteiger charge is -2.35. The van der Waals surface area contributed by atoms with E-state index < -0.39 is 0 Å². The third-order valence-electron chi connectivity index (χ3n) is 3.25. The van der Waals surface area contributed by atoms with E-state index in [-0.39, 0.29) is 0 Å². The predicted octanol–water partition coefficient (Wildman–Crippen LogP) is 0.443. The Balaban J connectivity index is 2.13. The van der Waals surface area contributed by atoms with Gasteiger partial charge in [0.05, 0.1) is 0 Å². The highest BCUT2D eigenvalue weighted by Crippen LogP contribution is 2.15. The average molecular weight is 228 g/mol. The van der Waals surface area contributed by atoms with E-state index in [0.29, 0.717) is 24.2 Å². The lowest BCUT2D eigenvalue weighted by Crippen LogP contribution is -2.47. The zero-order valence-electron chi connectivity index (χ0n) is 10.3. The minimum absolute atomic E-state index is 0.318. The summed E-state index contributed by atoms with van der Waals surface area (Å²) in [4.78, 5) is 2.37. The van der Waals surface area contributed by atoms with Gasteiger partial charge < -0.3 is 21.2 Å². The van der Waals surface area contributed by atoms with Gasteiger partial charge in [-0.15, -0.1) is 0 Å². The van der Waals surface area contributed by atoms with Gasteiger partial charge in [-0.25, -0.2) is 0 Å². The van der Waals surface area contributed by atoms with Crippen molar-refractivity contribution < 1.29 is 5.21 Å². The first-order valence-corrected chi connectivity index (χ1v) is 6.01. The Hall–Kier alpha value is -0.810. The second-order valence-corrected chi connectivity index (χ2v) is 4.78. The molecule has 0 aromatic carbocycles. The first-order chi connectivity index (χ1) is 7.63. The molecule has 1 fully saturated rings. The summed E-state index contributed by atoms with van der Waals surface area (Å²) in [5.74, 6) is 1.01. The summed E-state index contributed by atoms with van der Waals surface area (Å²) < 4.78 is 0. The molecule has 0 bridgehead atoms. The summed E-state index contributed by atoms with van der Waals surface area (Å²) in [6, 6.07) is 0.614. The summed E-state index contributed by atoms with van der Waals surface area (Å²) in [6.07, 6.45) is 2.79. The summed E-state index contributed by atoms with van der Waals surface area (Å²) in [5.41, 5.74) is 5.40. The van der Waals surface area contributed by atoms with Crippen LogP contribution in [0.5, 0.6) is 0 Å². The van der Waals surface area contributed by atoms with E-state index in [2.05, 4.69) is 29.3 Å². The number of oxime groups is 1. The van der Waals surface area contributed by atoms with Crippen molar-refractivity contribution in [3.05, 3.63) is 0 Å². The fourth-order valence-electron chi connectivity index (χ4n) is 2.26. The summed E-state index contributed by atoms with van der Waals surface area (Å²) in [7, 11) is 2.17. The molecule has 94 valence electrons. The minimum atomic E-state index is 0.318. The molecule has 5 heteroatoms. The summed E-state index contributed by atoms with van der Waals surface area (Å²) in [5, 5.41) is 14.9. The Morgan fingerprint density at radius 1 is 1.62 bits per heavy atom. The molecule has 1 aliphatic rings. The molecule has 16 heavy (non-hydrogen) atoms. The first kappa shape index (κ1) is 13.3. The second-order valence-electron chi connectivity index (χ2n) is 4.78. The van der Waals surface area contributed by atoms with Crippen molar-refractivity contribution in [2.45, 2.75) is 32.2 Å². The van der Waals surface area contributed by atoms with Gasteiger partial charge in [-0.3, -0.25) is 0 Å². The zero-order chi connectivity index (χ0) is 12.0. The highest BCUT2D eigenvalue weighted by atomic mass is 16.4. The number of nitrogens with zero attached hydrogens (tertiary/aromatic N) is 2. The van der Waals surface area contributed by atoms with Crippen molar-refractivity contribution in [3.8, 4) is 0 Å². The van der Waals surface area contributed by atoms with Crippen LogP contribution in [0.15, 0.2) is 5.16 Å². The summed E-state index contributed by atoms with van der Waals surface area (Å²) in [6.45, 7) is 5.56. The molecule has 0 radical (unpaired) electrons. The van der Waals surface area contributed by atoms with Gasteiger partial charge in [0.15, 0.2) is 0 Å². The number of piperidine rings is 1. The Kier molecular flexibility index (Phi) is 5.55. The van der Waals surface area contributed by atoms with Gasteiger partial charge in [-0.1, -0.05) is 12.1 Å². The maximum absolute atomic E-state index is 8.39. The van der Waals surface area contributed by atoms with Crippen LogP contribution >= 0.6 is 0 Å². The van der Waals surface area contributed by atoms with Crippen molar-refractivity contribution in [2.75, 3.05) is 26.7 Å². The molecule has 1 heterocycles. The number of nitrogens with one attached hydrogen (secondary N) is 1. The van der Waals surface area contributed by atoms with Crippen LogP contribution < -0.4 is 11.1 Å². The molecule has 0 amide bonds. The lowest BCUT2D eigenvalue weighted by atomic mass is 9.94. The van der Waals surface area contributed by atoms with Crippen LogP contribution in [0.1, 0.15) is 26.2 Å². The Morgan fingerprint density at radius 3 is 3.00 bits per heavy atom. The molecule has 4 N–H and O–H groups in total. The van der Waals surface area contributed by atoms with Crippen molar-refractivity contribution in [1.29, 1.82) is 0 Å². The van der Waals surface area contributed by atoms with E-state index in [1.165, 1.54) is 13.0 Å². The molecule has 0 spiro atoms. The third-order valence-corrected chi connectivity index (χ3v) is 3.25. The number of hydrogen-bond acceptors (Lipinski definition) is 4. The van der Waals surface area contributed by atoms with Crippen LogP contribution in [0.2, 0.25) is 0 Å². The highest BCUT2D eigenvalue weighted by molar-refractivity contribution is 5.79. The van der Waals surface area contributed by atoms with Crippen LogP contribution in [-0.4, -0.2) is 48.7 Å². The van der Waals surface area contributed by atoms with Crippen LogP contribution in [-0.2, 0) is 0 Å². The minimum Gasteiger partial charge on any atom is -0.409 e. The standard InChI is InChI=1S/C11H24N4O/c1-9-8-15(2)7-5-10(9)13-6-3-4-11(12)14-16/h9-10,13,16H,3-8H2,1-2H3,(H2,12,14). The Labute approximate surface area is 97.7 Å². The molecule has 5 nitrogen and oxygen atoms in total. The van der Waals surface area contributed by atoms with E-state index in [9.17, 15) is 0 Å². The van der Waals surface area contributed by atoms with E-state index in [4.69, 9.17) is 10.9 Å². The maximum atomic E-state index is 8.39. The van der Waals surface area contributed by atoms with Crippen molar-refractivity contribution in [2.24, 2.45) is 16.8 Å².